The monoisotopic (exact) mass is 376 g/mol. The third-order valence-electron chi connectivity index (χ3n) is 3.79. The van der Waals surface area contributed by atoms with Crippen molar-refractivity contribution in [2.45, 2.75) is 12.8 Å². The normalized spacial score (nSPS) is 11.5. The number of carbonyl (C=O) groups excluding carboxylic acids is 2. The van der Waals surface area contributed by atoms with E-state index >= 15 is 0 Å². The van der Waals surface area contributed by atoms with E-state index in [2.05, 4.69) is 5.32 Å². The van der Waals surface area contributed by atoms with Crippen LogP contribution in [0, 0.1) is 0 Å². The zero-order valence-corrected chi connectivity index (χ0v) is 15.4. The number of nitrogens with one attached hydrogen (secondary N) is 1. The molecule has 2 aromatic carbocycles. The van der Waals surface area contributed by atoms with E-state index in [1.54, 1.807) is 0 Å². The molecule has 0 fully saturated rings. The highest BCUT2D eigenvalue weighted by molar-refractivity contribution is 6.32. The maximum atomic E-state index is 12.4. The Kier molecular flexibility index (Phi) is 6.86. The summed E-state index contributed by atoms with van der Waals surface area (Å²) in [5, 5.41) is 3.04. The van der Waals surface area contributed by atoms with Crippen LogP contribution in [0.15, 0.2) is 42.5 Å². The second kappa shape index (κ2) is 9.10. The molecule has 0 aliphatic rings. The third-order valence-corrected chi connectivity index (χ3v) is 4.07. The molecule has 138 valence electrons. The van der Waals surface area contributed by atoms with Gasteiger partial charge in [0.15, 0.2) is 18.1 Å². The highest BCUT2D eigenvalue weighted by atomic mass is 35.5. The molecular formula is C19H21ClN2O4. The Balaban J connectivity index is 2.08. The van der Waals surface area contributed by atoms with Crippen molar-refractivity contribution < 1.29 is 19.1 Å². The average molecular weight is 377 g/mol. The van der Waals surface area contributed by atoms with Gasteiger partial charge in [0.1, 0.15) is 0 Å². The first-order valence-corrected chi connectivity index (χ1v) is 8.42. The molecule has 0 aromatic heterocycles. The van der Waals surface area contributed by atoms with E-state index in [0.717, 1.165) is 5.56 Å². The Morgan fingerprint density at radius 3 is 2.54 bits per heavy atom. The van der Waals surface area contributed by atoms with Gasteiger partial charge in [0.25, 0.3) is 11.8 Å². The second-order valence-electron chi connectivity index (χ2n) is 5.77. The lowest BCUT2D eigenvalue weighted by molar-refractivity contribution is -0.119. The predicted octanol–water partition coefficient (Wildman–Crippen LogP) is 2.75. The van der Waals surface area contributed by atoms with Crippen molar-refractivity contribution in [2.24, 2.45) is 5.73 Å². The van der Waals surface area contributed by atoms with Gasteiger partial charge in [0, 0.05) is 12.1 Å². The SMILES string of the molecule is COc1cc(C(=O)NCC(C)c2ccccc2)cc(Cl)c1OCC(N)=O. The summed E-state index contributed by atoms with van der Waals surface area (Å²) in [4.78, 5) is 23.3. The van der Waals surface area contributed by atoms with E-state index in [4.69, 9.17) is 26.8 Å². The molecule has 0 heterocycles. The first-order valence-electron chi connectivity index (χ1n) is 8.04. The number of primary amides is 1. The fraction of sp³-hybridized carbons (Fsp3) is 0.263. The van der Waals surface area contributed by atoms with Crippen LogP contribution in [0.25, 0.3) is 0 Å². The molecule has 0 aliphatic heterocycles. The van der Waals surface area contributed by atoms with Crippen LogP contribution in [-0.4, -0.2) is 32.1 Å². The van der Waals surface area contributed by atoms with Crippen LogP contribution in [-0.2, 0) is 4.79 Å². The van der Waals surface area contributed by atoms with Gasteiger partial charge in [-0.25, -0.2) is 0 Å². The maximum absolute atomic E-state index is 12.4. The number of hydrogen-bond donors (Lipinski definition) is 2. The number of nitrogens with two attached hydrogens (primary N) is 1. The quantitative estimate of drug-likeness (QED) is 0.741. The lowest BCUT2D eigenvalue weighted by Crippen LogP contribution is -2.27. The molecule has 0 radical (unpaired) electrons. The number of ether oxygens (including phenoxy) is 2. The summed E-state index contributed by atoms with van der Waals surface area (Å²) in [7, 11) is 1.42. The van der Waals surface area contributed by atoms with E-state index in [-0.39, 0.29) is 35.0 Å². The molecule has 7 heteroatoms. The molecular weight excluding hydrogens is 356 g/mol. The van der Waals surface area contributed by atoms with Gasteiger partial charge in [0.2, 0.25) is 0 Å². The first kappa shape index (κ1) is 19.6. The van der Waals surface area contributed by atoms with E-state index in [9.17, 15) is 9.59 Å². The van der Waals surface area contributed by atoms with Gasteiger partial charge >= 0.3 is 0 Å². The number of rotatable bonds is 8. The second-order valence-corrected chi connectivity index (χ2v) is 6.17. The maximum Gasteiger partial charge on any atom is 0.255 e. The van der Waals surface area contributed by atoms with Gasteiger partial charge in [-0.3, -0.25) is 9.59 Å². The van der Waals surface area contributed by atoms with E-state index < -0.39 is 5.91 Å². The van der Waals surface area contributed by atoms with E-state index in [0.29, 0.717) is 12.1 Å². The Bertz CT molecular complexity index is 781. The predicted molar refractivity (Wildman–Crippen MR) is 99.9 cm³/mol. The topological polar surface area (TPSA) is 90.7 Å². The minimum atomic E-state index is -0.639. The number of halogens is 1. The van der Waals surface area contributed by atoms with Crippen LogP contribution in [0.1, 0.15) is 28.8 Å². The first-order chi connectivity index (χ1) is 12.4. The zero-order chi connectivity index (χ0) is 19.1. The Morgan fingerprint density at radius 2 is 1.92 bits per heavy atom. The van der Waals surface area contributed by atoms with Crippen LogP contribution in [0.3, 0.4) is 0 Å². The molecule has 0 spiro atoms. The lowest BCUT2D eigenvalue weighted by atomic mass is 10.0. The fourth-order valence-corrected chi connectivity index (χ4v) is 2.65. The highest BCUT2D eigenvalue weighted by Crippen LogP contribution is 2.36. The van der Waals surface area contributed by atoms with Crippen molar-refractivity contribution in [2.75, 3.05) is 20.3 Å². The van der Waals surface area contributed by atoms with Crippen molar-refractivity contribution in [1.82, 2.24) is 5.32 Å². The van der Waals surface area contributed by atoms with Crippen molar-refractivity contribution in [3.63, 3.8) is 0 Å². The number of methoxy groups -OCH3 is 1. The third kappa shape index (κ3) is 5.13. The molecule has 2 aromatic rings. The molecule has 1 unspecified atom stereocenters. The highest BCUT2D eigenvalue weighted by Gasteiger charge is 2.17. The summed E-state index contributed by atoms with van der Waals surface area (Å²) in [6.45, 7) is 2.17. The lowest BCUT2D eigenvalue weighted by Gasteiger charge is -2.15. The summed E-state index contributed by atoms with van der Waals surface area (Å²) in [6.07, 6.45) is 0. The molecule has 3 N–H and O–H groups in total. The summed E-state index contributed by atoms with van der Waals surface area (Å²) >= 11 is 6.16. The zero-order valence-electron chi connectivity index (χ0n) is 14.6. The summed E-state index contributed by atoms with van der Waals surface area (Å²) < 4.78 is 10.5. The summed E-state index contributed by atoms with van der Waals surface area (Å²) in [6, 6.07) is 12.9. The summed E-state index contributed by atoms with van der Waals surface area (Å²) in [5.74, 6) is -0.341. The minimum absolute atomic E-state index is 0.159. The van der Waals surface area contributed by atoms with Crippen molar-refractivity contribution in [1.29, 1.82) is 0 Å². The Hall–Kier alpha value is -2.73. The smallest absolute Gasteiger partial charge is 0.255 e. The number of carbonyl (C=O) groups is 2. The van der Waals surface area contributed by atoms with Gasteiger partial charge in [-0.2, -0.15) is 0 Å². The van der Waals surface area contributed by atoms with E-state index in [1.807, 2.05) is 37.3 Å². The molecule has 0 bridgehead atoms. The van der Waals surface area contributed by atoms with Crippen molar-refractivity contribution in [3.05, 3.63) is 58.6 Å². The number of amides is 2. The van der Waals surface area contributed by atoms with E-state index in [1.165, 1.54) is 19.2 Å². The molecule has 2 amide bonds. The van der Waals surface area contributed by atoms with Crippen molar-refractivity contribution >= 4 is 23.4 Å². The molecule has 1 atom stereocenters. The van der Waals surface area contributed by atoms with Gasteiger partial charge < -0.3 is 20.5 Å². The molecule has 2 rings (SSSR count). The molecule has 0 saturated carbocycles. The van der Waals surface area contributed by atoms with Gasteiger partial charge in [0.05, 0.1) is 12.1 Å². The molecule has 0 saturated heterocycles. The van der Waals surface area contributed by atoms with Crippen LogP contribution in [0.4, 0.5) is 0 Å². The number of benzene rings is 2. The minimum Gasteiger partial charge on any atom is -0.493 e. The Morgan fingerprint density at radius 1 is 1.23 bits per heavy atom. The molecule has 26 heavy (non-hydrogen) atoms. The largest absolute Gasteiger partial charge is 0.493 e. The summed E-state index contributed by atoms with van der Waals surface area (Å²) in [5.41, 5.74) is 6.53. The number of hydrogen-bond acceptors (Lipinski definition) is 4. The van der Waals surface area contributed by atoms with Crippen LogP contribution in [0.5, 0.6) is 11.5 Å². The average Bonchev–Trinajstić information content (AvgIpc) is 2.64. The standard InChI is InChI=1S/C19H21ClN2O4/c1-12(13-6-4-3-5-7-13)10-22-19(24)14-8-15(20)18(16(9-14)25-2)26-11-17(21)23/h3-9,12H,10-11H2,1-2H3,(H2,21,23)(H,22,24). The van der Waals surface area contributed by atoms with Gasteiger partial charge in [-0.05, 0) is 23.6 Å². The fourth-order valence-electron chi connectivity index (χ4n) is 2.38. The van der Waals surface area contributed by atoms with Crippen molar-refractivity contribution in [3.8, 4) is 11.5 Å². The van der Waals surface area contributed by atoms with Gasteiger partial charge in [-0.1, -0.05) is 48.9 Å². The van der Waals surface area contributed by atoms with Crippen LogP contribution < -0.4 is 20.5 Å². The van der Waals surface area contributed by atoms with Gasteiger partial charge in [-0.15, -0.1) is 0 Å². The molecule has 0 aliphatic carbocycles. The molecule has 6 nitrogen and oxygen atoms in total. The van der Waals surface area contributed by atoms with Crippen LogP contribution >= 0.6 is 11.6 Å². The van der Waals surface area contributed by atoms with Crippen LogP contribution in [0.2, 0.25) is 5.02 Å². The Labute approximate surface area is 157 Å².